The van der Waals surface area contributed by atoms with Crippen LogP contribution in [0.1, 0.15) is 0 Å². The van der Waals surface area contributed by atoms with Crippen LogP contribution in [0, 0.1) is 0 Å². The van der Waals surface area contributed by atoms with Crippen LogP contribution in [0.3, 0.4) is 0 Å². The summed E-state index contributed by atoms with van der Waals surface area (Å²) in [5.74, 6) is 4.02. The molecule has 0 saturated heterocycles. The van der Waals surface area contributed by atoms with Crippen molar-refractivity contribution in [3.05, 3.63) is 231 Å². The van der Waals surface area contributed by atoms with Gasteiger partial charge in [0.05, 0.1) is 69.4 Å². The van der Waals surface area contributed by atoms with Gasteiger partial charge in [0.25, 0.3) is 5.91 Å². The van der Waals surface area contributed by atoms with Gasteiger partial charge >= 0.3 is 7.12 Å². The van der Waals surface area contributed by atoms with E-state index in [1.165, 1.54) is 80.2 Å². The largest absolute Gasteiger partial charge is 0.508 e. The Balaban J connectivity index is 0.000000269. The van der Waals surface area contributed by atoms with E-state index in [1.807, 2.05) is 6.07 Å². The monoisotopic (exact) mass is 1860 g/mol. The van der Waals surface area contributed by atoms with E-state index in [2.05, 4.69) is 110 Å². The summed E-state index contributed by atoms with van der Waals surface area (Å²) in [6.07, 6.45) is 12.7. The number of nitrogens with two attached hydrogens (primary N) is 2. The molecule has 2 amide bonds. The minimum atomic E-state index is -3.90. The number of alkyl halides is 1. The van der Waals surface area contributed by atoms with Gasteiger partial charge in [-0.2, -0.15) is 0 Å². The van der Waals surface area contributed by atoms with Gasteiger partial charge in [-0.25, -0.2) is 27.1 Å². The highest BCUT2D eigenvalue weighted by atomic mass is 79.9. The molecule has 10 rings (SSSR count). The van der Waals surface area contributed by atoms with E-state index in [9.17, 15) is 31.5 Å². The number of phenols is 2. The third-order valence-electron chi connectivity index (χ3n) is 11.2. The fourth-order valence-corrected chi connectivity index (χ4v) is 11.1. The number of aromatic nitrogens is 4. The fourth-order valence-electron chi connectivity index (χ4n) is 7.06. The number of aromatic hydroxyl groups is 2. The number of ether oxygens (including phenoxy) is 6. The van der Waals surface area contributed by atoms with E-state index >= 15 is 0 Å². The molecule has 0 aliphatic heterocycles. The second-order valence-corrected chi connectivity index (χ2v) is 28.9. The Morgan fingerprint density at radius 3 is 1.14 bits per heavy atom. The van der Waals surface area contributed by atoms with Crippen molar-refractivity contribution < 1.29 is 75.1 Å². The summed E-state index contributed by atoms with van der Waals surface area (Å²) in [6.45, 7) is -0.356. The highest BCUT2D eigenvalue weighted by Crippen LogP contribution is 2.34. The van der Waals surface area contributed by atoms with Crippen LogP contribution in [0.2, 0.25) is 30.1 Å². The molecule has 4 aromatic heterocycles. The van der Waals surface area contributed by atoms with Gasteiger partial charge in [-0.1, -0.05) is 93.9 Å². The number of rotatable bonds is 17. The van der Waals surface area contributed by atoms with Crippen molar-refractivity contribution in [2.24, 2.45) is 10.3 Å². The number of carbonyl (C=O) groups is 2. The number of hydrogen-bond acceptors (Lipinski definition) is 20. The van der Waals surface area contributed by atoms with E-state index in [-0.39, 0.29) is 63.3 Å². The Kier molecular flexibility index (Phi) is 36.7. The van der Waals surface area contributed by atoms with Crippen LogP contribution in [0.4, 0.5) is 11.4 Å². The first-order valence-electron chi connectivity index (χ1n) is 27.1. The molecule has 0 radical (unpaired) electrons. The minimum absolute atomic E-state index is 0. The summed E-state index contributed by atoms with van der Waals surface area (Å²) in [4.78, 5) is 38.7. The molecule has 0 unspecified atom stereocenters. The molecule has 0 fully saturated rings. The van der Waals surface area contributed by atoms with Crippen molar-refractivity contribution >= 4 is 213 Å². The zero-order valence-corrected chi connectivity index (χ0v) is 65.0. The van der Waals surface area contributed by atoms with Crippen LogP contribution in [0.5, 0.6) is 63.2 Å². The summed E-state index contributed by atoms with van der Waals surface area (Å²) >= 11 is 51.2. The van der Waals surface area contributed by atoms with E-state index in [0.717, 1.165) is 24.0 Å². The molecule has 0 atom stereocenters. The first-order chi connectivity index (χ1) is 47.2. The lowest BCUT2D eigenvalue weighted by Gasteiger charge is -2.11. The molecule has 24 nitrogen and oxygen atoms in total. The van der Waals surface area contributed by atoms with Crippen molar-refractivity contribution in [3.63, 3.8) is 0 Å². The standard InChI is InChI=1S/C19H14BrCl2N3O5S.C12H9BrClNO2.C11H7BrClNO2.C8H8BrClN2O3S.C7H7ClO2.C5H5BBrNO2.BH4/c20-11-3-15(9-24-8-11)30-14-5-12(21)4-13(6-14)29-10-19(26)25-18-2-1-16(7-17(18)22)31(23,27)28;1-16-10-3-9(14)4-11(5-10)17-12-2-8(13)6-15-7-12;12-7-1-11(6-14-5-7)16-10-3-8(13)2-9(15)4-10;9-4-8(13)12-7-2-1-5(3-6(7)10)16(11,14)15;1-10-7-3-5(8)2-6(9)4-7;7-5-1-4(6(9)10)2-8-3-5;/h1-9H,10H2,(H,25,26)(H2,23,27,28);2-7H,1H3;1-6,15H;1-3H,4H2,(H,12,13)(H2,11,14,15);2-4,9H,1H3;1-3,9-10H;1H4/q;;;;;;-1. The van der Waals surface area contributed by atoms with Gasteiger partial charge in [-0.15, -0.1) is 0 Å². The van der Waals surface area contributed by atoms with Crippen LogP contribution in [0.15, 0.2) is 211 Å². The van der Waals surface area contributed by atoms with Crippen molar-refractivity contribution in [1.82, 2.24) is 19.9 Å². The number of carbonyl (C=O) groups excluding carboxylic acids is 2. The van der Waals surface area contributed by atoms with Crippen molar-refractivity contribution in [2.45, 2.75) is 9.79 Å². The summed E-state index contributed by atoms with van der Waals surface area (Å²) < 4.78 is 80.1. The maximum absolute atomic E-state index is 12.2. The Morgan fingerprint density at radius 1 is 0.455 bits per heavy atom. The molecule has 0 aliphatic rings. The molecule has 39 heteroatoms. The van der Waals surface area contributed by atoms with Crippen LogP contribution in [-0.2, 0) is 29.6 Å². The number of halogens is 11. The smallest absolute Gasteiger partial charge is 0.490 e. The first-order valence-corrected chi connectivity index (χ1v) is 36.8. The second kappa shape index (κ2) is 42.8. The number of sulfonamides is 2. The third-order valence-corrected chi connectivity index (χ3v) is 16.8. The lowest BCUT2D eigenvalue weighted by molar-refractivity contribution is -0.118. The van der Waals surface area contributed by atoms with Crippen molar-refractivity contribution in [3.8, 4) is 63.2 Å². The van der Waals surface area contributed by atoms with E-state index in [0.29, 0.717) is 83.0 Å². The van der Waals surface area contributed by atoms with Crippen LogP contribution in [-0.4, -0.2) is 111 Å². The Bertz CT molecular complexity index is 4660. The number of benzene rings is 6. The molecule has 4 heterocycles. The molecule has 534 valence electrons. The van der Waals surface area contributed by atoms with Gasteiger partial charge in [0.15, 0.2) is 6.61 Å². The highest BCUT2D eigenvalue weighted by molar-refractivity contribution is 9.11. The Labute approximate surface area is 653 Å². The summed E-state index contributed by atoms with van der Waals surface area (Å²) in [7, 11) is -6.03. The van der Waals surface area contributed by atoms with Crippen LogP contribution < -0.4 is 54.8 Å². The quantitative estimate of drug-likeness (QED) is 0.0310. The number of methoxy groups -OCH3 is 2. The van der Waals surface area contributed by atoms with Crippen LogP contribution in [0.25, 0.3) is 0 Å². The normalized spacial score (nSPS) is 10.3. The Hall–Kier alpha value is -6.73. The number of primary sulfonamides is 2. The van der Waals surface area contributed by atoms with Gasteiger partial charge in [0.1, 0.15) is 63.2 Å². The fraction of sp³-hybridized carbons (Fsp3) is 0.0645. The summed E-state index contributed by atoms with van der Waals surface area (Å²) in [6, 6.07) is 33.4. The Morgan fingerprint density at radius 2 is 0.792 bits per heavy atom. The number of nitrogens with zero attached hydrogens (tertiary/aromatic N) is 4. The van der Waals surface area contributed by atoms with Crippen molar-refractivity contribution in [2.75, 3.05) is 36.8 Å². The van der Waals surface area contributed by atoms with Gasteiger partial charge in [-0.05, 0) is 173 Å². The number of amides is 2. The van der Waals surface area contributed by atoms with Gasteiger partial charge in [0, 0.05) is 98.7 Å². The molecule has 10 aromatic rings. The molecule has 10 N–H and O–H groups in total. The molecule has 101 heavy (non-hydrogen) atoms. The molecule has 0 aliphatic carbocycles. The van der Waals surface area contributed by atoms with Crippen LogP contribution >= 0.6 is 149 Å². The SMILES string of the molecule is COc1cc(Cl)cc(Oc2cncc(Br)c2)c1.COc1cc(O)cc(Cl)c1.NS(=O)(=O)c1ccc(NC(=O)CBr)c(Cl)c1.NS(=O)(=O)c1ccc(NC(=O)COc2cc(Cl)cc(Oc3cncc(Br)c3)c2)c(Cl)c1.OB(O)c1cncc(Br)c1.Oc1cc(Cl)cc(Oc2cncc(Br)c2)c1.[BH4-]. The number of anilines is 2. The topological polar surface area (TPSA) is 366 Å². The molecule has 6 aromatic carbocycles. The molecular formula is C62H54B2Br5Cl6N8O16S2-. The summed E-state index contributed by atoms with van der Waals surface area (Å²) in [5, 5.41) is 52.6. The van der Waals surface area contributed by atoms with Gasteiger partial charge < -0.3 is 59.3 Å². The summed E-state index contributed by atoms with van der Waals surface area (Å²) in [5.41, 5.74) is 0.924. The molecular weight excluding hydrogens is 1810 g/mol. The maximum atomic E-state index is 12.2. The average Bonchev–Trinajstić information content (AvgIpc) is 0.845. The van der Waals surface area contributed by atoms with Crippen molar-refractivity contribution in [1.29, 1.82) is 0 Å². The maximum Gasteiger partial charge on any atom is 0.490 e. The number of pyridine rings is 4. The lowest BCUT2D eigenvalue weighted by atomic mass is 9.82. The predicted molar refractivity (Wildman–Crippen MR) is 414 cm³/mol. The molecule has 0 saturated carbocycles. The van der Waals surface area contributed by atoms with E-state index in [1.54, 1.807) is 105 Å². The number of phenolic OH excluding ortho intramolecular Hbond substituents is 2. The predicted octanol–water partition coefficient (Wildman–Crippen LogP) is 14.3. The second-order valence-electron chi connectivity index (χ2n) is 19.0. The average molecular weight is 1870 g/mol. The minimum Gasteiger partial charge on any atom is -0.508 e. The lowest BCUT2D eigenvalue weighted by Crippen LogP contribution is -2.29. The third kappa shape index (κ3) is 32.6. The molecule has 0 bridgehead atoms. The van der Waals surface area contributed by atoms with E-state index < -0.39 is 33.1 Å². The first kappa shape index (κ1) is 86.7. The number of nitrogens with one attached hydrogen (secondary N) is 2. The molecule has 0 spiro atoms. The highest BCUT2D eigenvalue weighted by Gasteiger charge is 2.16. The van der Waals surface area contributed by atoms with Gasteiger partial charge in [-0.3, -0.25) is 29.5 Å². The zero-order chi connectivity index (χ0) is 73.9. The van der Waals surface area contributed by atoms with E-state index in [4.69, 9.17) is 123 Å². The zero-order valence-electron chi connectivity index (χ0n) is 50.9. The van der Waals surface area contributed by atoms with Gasteiger partial charge in [0.2, 0.25) is 26.0 Å². The number of hydrogen-bond donors (Lipinski definition) is 8.